The van der Waals surface area contributed by atoms with E-state index in [1.807, 2.05) is 0 Å². The maximum Gasteiger partial charge on any atom is 0.335 e. The number of halogens is 1. The van der Waals surface area contributed by atoms with E-state index in [-0.39, 0.29) is 16.3 Å². The molecule has 6 nitrogen and oxygen atoms in total. The second kappa shape index (κ2) is 5.82. The lowest BCUT2D eigenvalue weighted by Gasteiger charge is -2.09. The molecule has 0 amide bonds. The minimum atomic E-state index is -3.82. The van der Waals surface area contributed by atoms with Crippen molar-refractivity contribution in [1.29, 1.82) is 0 Å². The van der Waals surface area contributed by atoms with Gasteiger partial charge in [-0.25, -0.2) is 18.2 Å². The molecule has 0 saturated heterocycles. The summed E-state index contributed by atoms with van der Waals surface area (Å²) in [6, 6.07) is 7.02. The van der Waals surface area contributed by atoms with Gasteiger partial charge in [-0.3, -0.25) is 4.72 Å². The third-order valence-electron chi connectivity index (χ3n) is 2.69. The molecule has 0 saturated carbocycles. The number of anilines is 1. The number of nitrogens with one attached hydrogen (secondary N) is 1. The number of aryl methyl sites for hydroxylation is 1. The molecule has 2 N–H and O–H groups in total. The van der Waals surface area contributed by atoms with Gasteiger partial charge in [0.1, 0.15) is 5.82 Å². The summed E-state index contributed by atoms with van der Waals surface area (Å²) in [6.07, 6.45) is 1.23. The fraction of sp³-hybridized carbons (Fsp3) is 0.0769. The Labute approximate surface area is 130 Å². The van der Waals surface area contributed by atoms with Gasteiger partial charge in [-0.1, -0.05) is 15.9 Å². The summed E-state index contributed by atoms with van der Waals surface area (Å²) >= 11 is 3.30. The zero-order valence-corrected chi connectivity index (χ0v) is 13.3. The van der Waals surface area contributed by atoms with Gasteiger partial charge >= 0.3 is 5.97 Å². The SMILES string of the molecule is Cc1cc(S(=O)(=O)Nc2cc(C(=O)O)ccn2)ccc1Br. The fourth-order valence-corrected chi connectivity index (χ4v) is 2.93. The van der Waals surface area contributed by atoms with Gasteiger partial charge < -0.3 is 5.11 Å². The Morgan fingerprint density at radius 2 is 2.00 bits per heavy atom. The third-order valence-corrected chi connectivity index (χ3v) is 4.93. The summed E-state index contributed by atoms with van der Waals surface area (Å²) in [5.41, 5.74) is 0.722. The van der Waals surface area contributed by atoms with Crippen molar-refractivity contribution in [1.82, 2.24) is 4.98 Å². The van der Waals surface area contributed by atoms with Crippen LogP contribution >= 0.6 is 15.9 Å². The number of rotatable bonds is 4. The number of aromatic nitrogens is 1. The number of sulfonamides is 1. The van der Waals surface area contributed by atoms with Gasteiger partial charge in [0.15, 0.2) is 0 Å². The summed E-state index contributed by atoms with van der Waals surface area (Å²) < 4.78 is 27.5. The molecule has 0 radical (unpaired) electrons. The van der Waals surface area contributed by atoms with E-state index >= 15 is 0 Å². The highest BCUT2D eigenvalue weighted by Crippen LogP contribution is 2.21. The van der Waals surface area contributed by atoms with Crippen LogP contribution in [0.5, 0.6) is 0 Å². The van der Waals surface area contributed by atoms with Gasteiger partial charge in [0.2, 0.25) is 0 Å². The molecule has 1 aromatic heterocycles. The van der Waals surface area contributed by atoms with Crippen molar-refractivity contribution in [3.63, 3.8) is 0 Å². The molecule has 110 valence electrons. The number of carboxylic acid groups (broad SMARTS) is 1. The van der Waals surface area contributed by atoms with Gasteiger partial charge in [0.25, 0.3) is 10.0 Å². The predicted molar refractivity (Wildman–Crippen MR) is 80.9 cm³/mol. The first kappa shape index (κ1) is 15.5. The molecule has 0 spiro atoms. The second-order valence-electron chi connectivity index (χ2n) is 4.25. The normalized spacial score (nSPS) is 11.1. The van der Waals surface area contributed by atoms with Crippen LogP contribution in [0, 0.1) is 6.92 Å². The standard InChI is InChI=1S/C13H11BrN2O4S/c1-8-6-10(2-3-11(8)14)21(19,20)16-12-7-9(13(17)18)4-5-15-12/h2-7H,1H3,(H,15,16)(H,17,18). The van der Waals surface area contributed by atoms with Crippen LogP contribution in [-0.2, 0) is 10.0 Å². The zero-order chi connectivity index (χ0) is 15.6. The maximum atomic E-state index is 12.2. The summed E-state index contributed by atoms with van der Waals surface area (Å²) in [4.78, 5) is 14.7. The minimum absolute atomic E-state index is 0.0459. The number of benzene rings is 1. The van der Waals surface area contributed by atoms with Crippen LogP contribution in [0.2, 0.25) is 0 Å². The van der Waals surface area contributed by atoms with Crippen LogP contribution in [0.1, 0.15) is 15.9 Å². The van der Waals surface area contributed by atoms with Crippen molar-refractivity contribution in [3.8, 4) is 0 Å². The maximum absolute atomic E-state index is 12.2. The molecular formula is C13H11BrN2O4S. The van der Waals surface area contributed by atoms with Crippen molar-refractivity contribution < 1.29 is 18.3 Å². The third kappa shape index (κ3) is 3.59. The summed E-state index contributed by atoms with van der Waals surface area (Å²) in [5, 5.41) is 8.88. The minimum Gasteiger partial charge on any atom is -0.478 e. The number of nitrogens with zero attached hydrogens (tertiary/aromatic N) is 1. The molecule has 0 unspecified atom stereocenters. The zero-order valence-electron chi connectivity index (χ0n) is 10.9. The van der Waals surface area contributed by atoms with Crippen molar-refractivity contribution in [3.05, 3.63) is 52.1 Å². The molecule has 0 bridgehead atoms. The highest BCUT2D eigenvalue weighted by molar-refractivity contribution is 9.10. The lowest BCUT2D eigenvalue weighted by atomic mass is 10.2. The van der Waals surface area contributed by atoms with Crippen molar-refractivity contribution in [2.45, 2.75) is 11.8 Å². The molecule has 8 heteroatoms. The van der Waals surface area contributed by atoms with Crippen LogP contribution in [0.3, 0.4) is 0 Å². The number of hydrogen-bond donors (Lipinski definition) is 2. The van der Waals surface area contributed by atoms with Gasteiger partial charge in [0, 0.05) is 10.7 Å². The van der Waals surface area contributed by atoms with E-state index in [4.69, 9.17) is 5.11 Å². The topological polar surface area (TPSA) is 96.4 Å². The second-order valence-corrected chi connectivity index (χ2v) is 6.79. The van der Waals surface area contributed by atoms with Crippen LogP contribution in [0.25, 0.3) is 0 Å². The largest absolute Gasteiger partial charge is 0.478 e. The van der Waals surface area contributed by atoms with Crippen molar-refractivity contribution in [2.24, 2.45) is 0 Å². The fourth-order valence-electron chi connectivity index (χ4n) is 1.60. The predicted octanol–water partition coefficient (Wildman–Crippen LogP) is 2.65. The molecule has 2 rings (SSSR count). The number of pyridine rings is 1. The molecule has 0 fully saturated rings. The lowest BCUT2D eigenvalue weighted by molar-refractivity contribution is 0.0697. The molecule has 0 aliphatic carbocycles. The van der Waals surface area contributed by atoms with Crippen molar-refractivity contribution in [2.75, 3.05) is 4.72 Å². The van der Waals surface area contributed by atoms with Crippen LogP contribution < -0.4 is 4.72 Å². The Kier molecular flexibility index (Phi) is 4.29. The number of carboxylic acids is 1. The highest BCUT2D eigenvalue weighted by Gasteiger charge is 2.16. The van der Waals surface area contributed by atoms with Crippen LogP contribution in [-0.4, -0.2) is 24.5 Å². The lowest BCUT2D eigenvalue weighted by Crippen LogP contribution is -2.14. The Hall–Kier alpha value is -1.93. The molecule has 1 aromatic carbocycles. The molecule has 0 atom stereocenters. The average Bonchev–Trinajstić information content (AvgIpc) is 2.41. The average molecular weight is 371 g/mol. The van der Waals surface area contributed by atoms with E-state index in [0.29, 0.717) is 0 Å². The Morgan fingerprint density at radius 1 is 1.29 bits per heavy atom. The quantitative estimate of drug-likeness (QED) is 0.862. The Morgan fingerprint density at radius 3 is 2.62 bits per heavy atom. The van der Waals surface area contributed by atoms with E-state index in [9.17, 15) is 13.2 Å². The number of carbonyl (C=O) groups is 1. The van der Waals surface area contributed by atoms with E-state index in [0.717, 1.165) is 16.1 Å². The van der Waals surface area contributed by atoms with Crippen LogP contribution in [0.4, 0.5) is 5.82 Å². The summed E-state index contributed by atoms with van der Waals surface area (Å²) in [7, 11) is -3.82. The van der Waals surface area contributed by atoms with Gasteiger partial charge in [0.05, 0.1) is 10.5 Å². The van der Waals surface area contributed by atoms with E-state index in [1.165, 1.54) is 24.4 Å². The van der Waals surface area contributed by atoms with E-state index < -0.39 is 16.0 Å². The first-order valence-electron chi connectivity index (χ1n) is 5.78. The molecule has 1 heterocycles. The first-order chi connectivity index (χ1) is 9.79. The summed E-state index contributed by atoms with van der Waals surface area (Å²) in [5.74, 6) is -1.20. The molecular weight excluding hydrogens is 360 g/mol. The Balaban J connectivity index is 2.35. The van der Waals surface area contributed by atoms with Gasteiger partial charge in [-0.15, -0.1) is 0 Å². The molecule has 21 heavy (non-hydrogen) atoms. The molecule has 2 aromatic rings. The molecule has 0 aliphatic heterocycles. The first-order valence-corrected chi connectivity index (χ1v) is 8.05. The summed E-state index contributed by atoms with van der Waals surface area (Å²) in [6.45, 7) is 1.77. The van der Waals surface area contributed by atoms with Gasteiger partial charge in [-0.05, 0) is 42.8 Å². The number of hydrogen-bond acceptors (Lipinski definition) is 4. The van der Waals surface area contributed by atoms with Crippen LogP contribution in [0.15, 0.2) is 45.9 Å². The van der Waals surface area contributed by atoms with E-state index in [2.05, 4.69) is 25.6 Å². The highest BCUT2D eigenvalue weighted by atomic mass is 79.9. The monoisotopic (exact) mass is 370 g/mol. The molecule has 0 aliphatic rings. The van der Waals surface area contributed by atoms with Gasteiger partial charge in [-0.2, -0.15) is 0 Å². The number of aromatic carboxylic acids is 1. The van der Waals surface area contributed by atoms with E-state index in [1.54, 1.807) is 13.0 Å². The smallest absolute Gasteiger partial charge is 0.335 e. The van der Waals surface area contributed by atoms with Crippen molar-refractivity contribution >= 4 is 37.7 Å². The Bertz CT molecular complexity index is 806.